The molecule has 0 unspecified atom stereocenters. The van der Waals surface area contributed by atoms with E-state index in [4.69, 9.17) is 0 Å². The molecule has 1 fully saturated rings. The third-order valence-corrected chi connectivity index (χ3v) is 2.56. The van der Waals surface area contributed by atoms with E-state index < -0.39 is 5.92 Å². The number of hydrogen-bond acceptors (Lipinski definition) is 0. The quantitative estimate of drug-likeness (QED) is 0.495. The highest BCUT2D eigenvalue weighted by atomic mass is 19.3. The van der Waals surface area contributed by atoms with Crippen molar-refractivity contribution in [1.29, 1.82) is 0 Å². The van der Waals surface area contributed by atoms with Crippen LogP contribution in [-0.2, 0) is 0 Å². The summed E-state index contributed by atoms with van der Waals surface area (Å²) in [6, 6.07) is 0. The van der Waals surface area contributed by atoms with Gasteiger partial charge in [-0.25, -0.2) is 8.78 Å². The molecule has 0 heterocycles. The van der Waals surface area contributed by atoms with Gasteiger partial charge >= 0.3 is 0 Å². The van der Waals surface area contributed by atoms with E-state index in [1.165, 1.54) is 0 Å². The van der Waals surface area contributed by atoms with Crippen molar-refractivity contribution in [2.75, 3.05) is 0 Å². The maximum atomic E-state index is 12.6. The highest BCUT2D eigenvalue weighted by Crippen LogP contribution is 2.39. The number of halogens is 2. The zero-order valence-electron chi connectivity index (χ0n) is 6.53. The van der Waals surface area contributed by atoms with E-state index in [1.807, 2.05) is 6.92 Å². The number of hydrogen-bond donors (Lipinski definition) is 0. The first kappa shape index (κ1) is 7.96. The lowest BCUT2D eigenvalue weighted by Gasteiger charge is -2.31. The van der Waals surface area contributed by atoms with Gasteiger partial charge in [0.25, 0.3) is 0 Å². The standard InChI is InChI=1S/C8H14F2/c1-6-3-4-8(9,10)5-7(6)2/h6-7H,3-5H2,1-2H3/t6-,7+/m0/s1. The van der Waals surface area contributed by atoms with Crippen LogP contribution in [0.15, 0.2) is 0 Å². The Morgan fingerprint density at radius 2 is 1.80 bits per heavy atom. The molecule has 0 aliphatic heterocycles. The Hall–Kier alpha value is -0.140. The van der Waals surface area contributed by atoms with Gasteiger partial charge in [0.15, 0.2) is 0 Å². The van der Waals surface area contributed by atoms with Crippen molar-refractivity contribution in [2.24, 2.45) is 11.8 Å². The molecule has 60 valence electrons. The molecule has 0 aromatic heterocycles. The second kappa shape index (κ2) is 2.48. The molecule has 2 heteroatoms. The first-order valence-electron chi connectivity index (χ1n) is 3.89. The molecule has 10 heavy (non-hydrogen) atoms. The topological polar surface area (TPSA) is 0 Å². The van der Waals surface area contributed by atoms with Gasteiger partial charge in [0.05, 0.1) is 0 Å². The third kappa shape index (κ3) is 1.68. The predicted molar refractivity (Wildman–Crippen MR) is 37.1 cm³/mol. The minimum Gasteiger partial charge on any atom is -0.207 e. The molecule has 0 radical (unpaired) electrons. The Morgan fingerprint density at radius 3 is 2.20 bits per heavy atom. The molecular formula is C8H14F2. The highest BCUT2D eigenvalue weighted by Gasteiger charge is 2.37. The van der Waals surface area contributed by atoms with Crippen molar-refractivity contribution in [3.63, 3.8) is 0 Å². The molecule has 1 aliphatic carbocycles. The lowest BCUT2D eigenvalue weighted by molar-refractivity contribution is -0.0632. The molecule has 0 aromatic rings. The molecule has 0 saturated heterocycles. The Morgan fingerprint density at radius 1 is 1.20 bits per heavy atom. The molecular weight excluding hydrogens is 134 g/mol. The van der Waals surface area contributed by atoms with Gasteiger partial charge < -0.3 is 0 Å². The third-order valence-electron chi connectivity index (χ3n) is 2.56. The van der Waals surface area contributed by atoms with Gasteiger partial charge in [0.1, 0.15) is 0 Å². The minimum atomic E-state index is -2.37. The lowest BCUT2D eigenvalue weighted by Crippen LogP contribution is -2.29. The van der Waals surface area contributed by atoms with Crippen molar-refractivity contribution < 1.29 is 8.78 Å². The van der Waals surface area contributed by atoms with E-state index in [-0.39, 0.29) is 18.8 Å². The van der Waals surface area contributed by atoms with Gasteiger partial charge in [-0.1, -0.05) is 13.8 Å². The Balaban J connectivity index is 2.49. The Bertz CT molecular complexity index is 120. The summed E-state index contributed by atoms with van der Waals surface area (Å²) in [4.78, 5) is 0. The van der Waals surface area contributed by atoms with Crippen molar-refractivity contribution in [1.82, 2.24) is 0 Å². The lowest BCUT2D eigenvalue weighted by atomic mass is 9.80. The largest absolute Gasteiger partial charge is 0.248 e. The Kier molecular flexibility index (Phi) is 1.97. The van der Waals surface area contributed by atoms with Crippen LogP contribution in [-0.4, -0.2) is 5.92 Å². The molecule has 1 rings (SSSR count). The van der Waals surface area contributed by atoms with Crippen LogP contribution in [0.5, 0.6) is 0 Å². The van der Waals surface area contributed by atoms with E-state index in [1.54, 1.807) is 0 Å². The summed E-state index contributed by atoms with van der Waals surface area (Å²) in [6.07, 6.45) is 0.876. The molecule has 1 saturated carbocycles. The van der Waals surface area contributed by atoms with Crippen LogP contribution < -0.4 is 0 Å². The van der Waals surface area contributed by atoms with E-state index >= 15 is 0 Å². The average Bonchev–Trinajstić information content (AvgIpc) is 1.79. The zero-order chi connectivity index (χ0) is 7.78. The fourth-order valence-corrected chi connectivity index (χ4v) is 1.50. The van der Waals surface area contributed by atoms with Crippen molar-refractivity contribution in [2.45, 2.75) is 39.0 Å². The van der Waals surface area contributed by atoms with Gasteiger partial charge in [0.2, 0.25) is 5.92 Å². The van der Waals surface area contributed by atoms with Crippen molar-refractivity contribution >= 4 is 0 Å². The fourth-order valence-electron chi connectivity index (χ4n) is 1.50. The van der Waals surface area contributed by atoms with E-state index in [0.717, 1.165) is 0 Å². The summed E-state index contributed by atoms with van der Waals surface area (Å²) in [6.45, 7) is 3.97. The molecule has 0 amide bonds. The van der Waals surface area contributed by atoms with Gasteiger partial charge in [-0.15, -0.1) is 0 Å². The van der Waals surface area contributed by atoms with Gasteiger partial charge in [-0.05, 0) is 18.3 Å². The van der Waals surface area contributed by atoms with Crippen LogP contribution in [0.4, 0.5) is 8.78 Å². The second-order valence-electron chi connectivity index (χ2n) is 3.55. The van der Waals surface area contributed by atoms with Crippen LogP contribution in [0.3, 0.4) is 0 Å². The summed E-state index contributed by atoms with van der Waals surface area (Å²) in [5, 5.41) is 0. The van der Waals surface area contributed by atoms with E-state index in [2.05, 4.69) is 6.92 Å². The van der Waals surface area contributed by atoms with Gasteiger partial charge in [-0.3, -0.25) is 0 Å². The molecule has 2 atom stereocenters. The van der Waals surface area contributed by atoms with Gasteiger partial charge in [0, 0.05) is 12.8 Å². The SMILES string of the molecule is C[C@@H]1CC(F)(F)CC[C@@H]1C. The Labute approximate surface area is 60.6 Å². The minimum absolute atomic E-state index is 0.0914. The average molecular weight is 148 g/mol. The number of rotatable bonds is 0. The molecule has 0 spiro atoms. The summed E-state index contributed by atoms with van der Waals surface area (Å²) in [7, 11) is 0. The molecule has 0 N–H and O–H groups in total. The zero-order valence-corrected chi connectivity index (χ0v) is 6.53. The van der Waals surface area contributed by atoms with Crippen LogP contribution >= 0.6 is 0 Å². The number of alkyl halides is 2. The second-order valence-corrected chi connectivity index (χ2v) is 3.55. The summed E-state index contributed by atoms with van der Waals surface area (Å²) in [5.74, 6) is -1.69. The molecule has 1 aliphatic rings. The van der Waals surface area contributed by atoms with Crippen LogP contribution in [0, 0.1) is 11.8 Å². The summed E-state index contributed by atoms with van der Waals surface area (Å²) in [5.41, 5.74) is 0. The molecule has 0 aromatic carbocycles. The molecule has 0 bridgehead atoms. The predicted octanol–water partition coefficient (Wildman–Crippen LogP) is 3.08. The molecule has 0 nitrogen and oxygen atoms in total. The maximum Gasteiger partial charge on any atom is 0.248 e. The fraction of sp³-hybridized carbons (Fsp3) is 1.00. The van der Waals surface area contributed by atoms with Crippen LogP contribution in [0.2, 0.25) is 0 Å². The first-order valence-corrected chi connectivity index (χ1v) is 3.89. The van der Waals surface area contributed by atoms with E-state index in [9.17, 15) is 8.78 Å². The van der Waals surface area contributed by atoms with Crippen LogP contribution in [0.25, 0.3) is 0 Å². The summed E-state index contributed by atoms with van der Waals surface area (Å²) < 4.78 is 25.3. The highest BCUT2D eigenvalue weighted by molar-refractivity contribution is 4.79. The van der Waals surface area contributed by atoms with Crippen LogP contribution in [0.1, 0.15) is 33.1 Å². The monoisotopic (exact) mass is 148 g/mol. The van der Waals surface area contributed by atoms with Gasteiger partial charge in [-0.2, -0.15) is 0 Å². The summed E-state index contributed by atoms with van der Waals surface area (Å²) >= 11 is 0. The van der Waals surface area contributed by atoms with Crippen molar-refractivity contribution in [3.05, 3.63) is 0 Å². The maximum absolute atomic E-state index is 12.6. The normalized spacial score (nSPS) is 39.6. The van der Waals surface area contributed by atoms with Crippen molar-refractivity contribution in [3.8, 4) is 0 Å². The first-order chi connectivity index (χ1) is 4.51. The van der Waals surface area contributed by atoms with E-state index in [0.29, 0.717) is 12.3 Å². The smallest absolute Gasteiger partial charge is 0.207 e.